The second-order valence-electron chi connectivity index (χ2n) is 8.95. The Bertz CT molecular complexity index is 1560. The molecule has 9 heteroatoms. The summed E-state index contributed by atoms with van der Waals surface area (Å²) >= 11 is 0. The number of nitrogens with one attached hydrogen (secondary N) is 3. The number of para-hydroxylation sites is 2. The Morgan fingerprint density at radius 3 is 2.47 bits per heavy atom. The van der Waals surface area contributed by atoms with Gasteiger partial charge in [0.25, 0.3) is 11.8 Å². The lowest BCUT2D eigenvalue weighted by Crippen LogP contribution is -2.32. The van der Waals surface area contributed by atoms with E-state index in [-0.39, 0.29) is 11.8 Å². The Morgan fingerprint density at radius 1 is 0.974 bits per heavy atom. The quantitative estimate of drug-likeness (QED) is 0.317. The maximum absolute atomic E-state index is 13.8. The number of rotatable bonds is 6. The average molecular weight is 512 g/mol. The molecule has 0 saturated heterocycles. The van der Waals surface area contributed by atoms with Gasteiger partial charge in [-0.3, -0.25) is 9.59 Å². The SMILES string of the molecule is COc1ccccc1NC(=O)C1=C(C)Nc2c(C(=O)Nc3cccc(C)c3)cnn2C1c1ccc(F)cc1. The third-order valence-electron chi connectivity index (χ3n) is 6.33. The number of allylic oxidation sites excluding steroid dienone is 1. The number of hydrogen-bond donors (Lipinski definition) is 3. The van der Waals surface area contributed by atoms with E-state index >= 15 is 0 Å². The second-order valence-corrected chi connectivity index (χ2v) is 8.95. The number of hydrogen-bond acceptors (Lipinski definition) is 5. The summed E-state index contributed by atoms with van der Waals surface area (Å²) in [5.41, 5.74) is 4.01. The molecule has 0 spiro atoms. The number of carbonyl (C=O) groups is 2. The number of aryl methyl sites for hydroxylation is 1. The van der Waals surface area contributed by atoms with Crippen molar-refractivity contribution in [1.82, 2.24) is 9.78 Å². The molecule has 1 unspecified atom stereocenters. The van der Waals surface area contributed by atoms with Crippen LogP contribution in [-0.4, -0.2) is 28.7 Å². The molecule has 3 aromatic carbocycles. The summed E-state index contributed by atoms with van der Waals surface area (Å²) in [6.07, 6.45) is 1.46. The van der Waals surface area contributed by atoms with Crippen LogP contribution in [0, 0.1) is 12.7 Å². The highest BCUT2D eigenvalue weighted by molar-refractivity contribution is 6.09. The minimum absolute atomic E-state index is 0.308. The van der Waals surface area contributed by atoms with Gasteiger partial charge < -0.3 is 20.7 Å². The molecule has 4 aromatic rings. The topological polar surface area (TPSA) is 97.3 Å². The molecule has 1 aliphatic rings. The maximum Gasteiger partial charge on any atom is 0.261 e. The van der Waals surface area contributed by atoms with E-state index in [1.165, 1.54) is 25.4 Å². The van der Waals surface area contributed by atoms with Gasteiger partial charge >= 0.3 is 0 Å². The Balaban J connectivity index is 1.54. The number of methoxy groups -OCH3 is 1. The highest BCUT2D eigenvalue weighted by Gasteiger charge is 2.35. The van der Waals surface area contributed by atoms with Gasteiger partial charge in [0.15, 0.2) is 0 Å². The summed E-state index contributed by atoms with van der Waals surface area (Å²) in [6.45, 7) is 3.70. The van der Waals surface area contributed by atoms with Crippen LogP contribution in [0.25, 0.3) is 0 Å². The summed E-state index contributed by atoms with van der Waals surface area (Å²) in [5, 5.41) is 13.5. The van der Waals surface area contributed by atoms with E-state index in [1.807, 2.05) is 31.2 Å². The summed E-state index contributed by atoms with van der Waals surface area (Å²) in [7, 11) is 1.53. The normalized spacial score (nSPS) is 14.4. The van der Waals surface area contributed by atoms with Gasteiger partial charge in [-0.05, 0) is 61.4 Å². The molecule has 5 rings (SSSR count). The van der Waals surface area contributed by atoms with Crippen LogP contribution in [0.15, 0.2) is 90.3 Å². The van der Waals surface area contributed by atoms with Crippen molar-refractivity contribution >= 4 is 29.0 Å². The molecule has 1 aliphatic heterocycles. The van der Waals surface area contributed by atoms with Crippen molar-refractivity contribution in [2.75, 3.05) is 23.1 Å². The van der Waals surface area contributed by atoms with E-state index in [4.69, 9.17) is 4.74 Å². The van der Waals surface area contributed by atoms with E-state index in [0.717, 1.165) is 5.56 Å². The number of anilines is 3. The maximum atomic E-state index is 13.8. The van der Waals surface area contributed by atoms with Gasteiger partial charge in [-0.15, -0.1) is 0 Å². The molecule has 2 amide bonds. The molecular formula is C29H26FN5O3. The minimum atomic E-state index is -0.720. The van der Waals surface area contributed by atoms with Gasteiger partial charge in [-0.2, -0.15) is 5.10 Å². The van der Waals surface area contributed by atoms with E-state index in [1.54, 1.807) is 48.0 Å². The Morgan fingerprint density at radius 2 is 1.74 bits per heavy atom. The highest BCUT2D eigenvalue weighted by Crippen LogP contribution is 2.38. The predicted molar refractivity (Wildman–Crippen MR) is 144 cm³/mol. The standard InChI is InChI=1S/C29H26FN5O3/c1-17-7-6-8-21(15-17)33-28(36)22-16-31-35-26(19-11-13-20(30)14-12-19)25(18(2)32-27(22)35)29(37)34-23-9-4-5-10-24(23)38-3/h4-16,26,32H,1-3H3,(H,33,36)(H,34,37). The van der Waals surface area contributed by atoms with Gasteiger partial charge in [-0.1, -0.05) is 36.4 Å². The summed E-state index contributed by atoms with van der Waals surface area (Å²) in [6, 6.07) is 19.7. The molecule has 0 bridgehead atoms. The third-order valence-corrected chi connectivity index (χ3v) is 6.33. The van der Waals surface area contributed by atoms with E-state index in [9.17, 15) is 14.0 Å². The summed E-state index contributed by atoms with van der Waals surface area (Å²) in [4.78, 5) is 26.9. The van der Waals surface area contributed by atoms with Crippen LogP contribution in [0.3, 0.4) is 0 Å². The zero-order chi connectivity index (χ0) is 26.8. The first kappa shape index (κ1) is 24.8. The van der Waals surface area contributed by atoms with Crippen molar-refractivity contribution < 1.29 is 18.7 Å². The van der Waals surface area contributed by atoms with Crippen molar-refractivity contribution in [1.29, 1.82) is 0 Å². The minimum Gasteiger partial charge on any atom is -0.495 e. The highest BCUT2D eigenvalue weighted by atomic mass is 19.1. The van der Waals surface area contributed by atoms with Crippen molar-refractivity contribution in [2.45, 2.75) is 19.9 Å². The van der Waals surface area contributed by atoms with E-state index in [2.05, 4.69) is 21.0 Å². The number of nitrogens with zero attached hydrogens (tertiary/aromatic N) is 2. The first-order valence-electron chi connectivity index (χ1n) is 12.0. The number of amides is 2. The lowest BCUT2D eigenvalue weighted by Gasteiger charge is -2.30. The molecule has 38 heavy (non-hydrogen) atoms. The van der Waals surface area contributed by atoms with Crippen LogP contribution in [0.2, 0.25) is 0 Å². The van der Waals surface area contributed by atoms with Gasteiger partial charge in [0, 0.05) is 11.4 Å². The van der Waals surface area contributed by atoms with Crippen LogP contribution in [0.5, 0.6) is 5.75 Å². The van der Waals surface area contributed by atoms with E-state index in [0.29, 0.717) is 45.3 Å². The molecule has 0 aliphatic carbocycles. The number of ether oxygens (including phenoxy) is 1. The van der Waals surface area contributed by atoms with Crippen molar-refractivity contribution in [3.05, 3.63) is 113 Å². The fourth-order valence-electron chi connectivity index (χ4n) is 4.53. The summed E-state index contributed by atoms with van der Waals surface area (Å²) < 4.78 is 20.8. The molecule has 0 fully saturated rings. The number of fused-ring (bicyclic) bond motifs is 1. The van der Waals surface area contributed by atoms with Gasteiger partial charge in [0.2, 0.25) is 0 Å². The van der Waals surface area contributed by atoms with Crippen LogP contribution >= 0.6 is 0 Å². The molecule has 0 radical (unpaired) electrons. The lowest BCUT2D eigenvalue weighted by atomic mass is 9.94. The predicted octanol–water partition coefficient (Wildman–Crippen LogP) is 5.52. The van der Waals surface area contributed by atoms with Crippen LogP contribution in [0.1, 0.15) is 34.5 Å². The smallest absolute Gasteiger partial charge is 0.261 e. The lowest BCUT2D eigenvalue weighted by molar-refractivity contribution is -0.113. The molecule has 1 aromatic heterocycles. The van der Waals surface area contributed by atoms with Crippen molar-refractivity contribution in [3.8, 4) is 5.75 Å². The molecule has 2 heterocycles. The first-order valence-corrected chi connectivity index (χ1v) is 12.0. The number of carbonyl (C=O) groups excluding carboxylic acids is 2. The molecule has 0 saturated carbocycles. The summed E-state index contributed by atoms with van der Waals surface area (Å²) in [5.74, 6) is -0.202. The second kappa shape index (κ2) is 10.2. The van der Waals surface area contributed by atoms with Crippen LogP contribution < -0.4 is 20.7 Å². The Kier molecular flexibility index (Phi) is 6.66. The zero-order valence-corrected chi connectivity index (χ0v) is 21.1. The van der Waals surface area contributed by atoms with Crippen molar-refractivity contribution in [2.24, 2.45) is 0 Å². The molecule has 1 atom stereocenters. The fourth-order valence-corrected chi connectivity index (χ4v) is 4.53. The Labute approximate surface area is 219 Å². The molecule has 3 N–H and O–H groups in total. The van der Waals surface area contributed by atoms with Gasteiger partial charge in [0.05, 0.1) is 24.6 Å². The number of benzene rings is 3. The van der Waals surface area contributed by atoms with Crippen molar-refractivity contribution in [3.63, 3.8) is 0 Å². The van der Waals surface area contributed by atoms with Gasteiger partial charge in [-0.25, -0.2) is 9.07 Å². The number of halogens is 1. The average Bonchev–Trinajstić information content (AvgIpc) is 3.32. The van der Waals surface area contributed by atoms with Gasteiger partial charge in [0.1, 0.15) is 29.0 Å². The number of aromatic nitrogens is 2. The fraction of sp³-hybridized carbons (Fsp3) is 0.138. The zero-order valence-electron chi connectivity index (χ0n) is 21.1. The molecule has 8 nitrogen and oxygen atoms in total. The van der Waals surface area contributed by atoms with Crippen LogP contribution in [0.4, 0.5) is 21.6 Å². The first-order chi connectivity index (χ1) is 18.4. The largest absolute Gasteiger partial charge is 0.495 e. The van der Waals surface area contributed by atoms with Crippen LogP contribution in [-0.2, 0) is 4.79 Å². The third kappa shape index (κ3) is 4.73. The molecule has 192 valence electrons. The van der Waals surface area contributed by atoms with E-state index < -0.39 is 11.9 Å². The Hall–Kier alpha value is -4.92. The molecular weight excluding hydrogens is 485 g/mol. The monoisotopic (exact) mass is 511 g/mol.